The molecule has 31 heavy (non-hydrogen) atoms. The summed E-state index contributed by atoms with van der Waals surface area (Å²) in [5, 5.41) is 4.63. The molecule has 4 rings (SSSR count). The summed E-state index contributed by atoms with van der Waals surface area (Å²) in [6, 6.07) is 9.16. The summed E-state index contributed by atoms with van der Waals surface area (Å²) in [5.41, 5.74) is 2.77. The Hall–Kier alpha value is -2.98. The molecule has 0 radical (unpaired) electrons. The Balaban J connectivity index is 1.56. The van der Waals surface area contributed by atoms with E-state index in [-0.39, 0.29) is 23.7 Å². The molecule has 8 nitrogen and oxygen atoms in total. The quantitative estimate of drug-likeness (QED) is 0.601. The highest BCUT2D eigenvalue weighted by Gasteiger charge is 2.32. The number of piperazine rings is 1. The number of ether oxygens (including phenoxy) is 1. The number of benzene rings is 1. The number of nitrogens with zero attached hydrogens (tertiary/aromatic N) is 5. The smallest absolute Gasteiger partial charge is 0.246 e. The van der Waals surface area contributed by atoms with Crippen molar-refractivity contribution in [2.45, 2.75) is 18.7 Å². The SMILES string of the molecule is COc1ccc(F)cc1S(=O)(=O)N1CCN(c2c(C)nn(-c3ccccn3)c2C)CC1. The van der Waals surface area contributed by atoms with Crippen LogP contribution in [0.15, 0.2) is 47.5 Å². The van der Waals surface area contributed by atoms with E-state index in [0.717, 1.165) is 29.0 Å². The van der Waals surface area contributed by atoms with Crippen molar-refractivity contribution in [1.29, 1.82) is 0 Å². The van der Waals surface area contributed by atoms with Gasteiger partial charge in [-0.25, -0.2) is 22.5 Å². The van der Waals surface area contributed by atoms with Crippen molar-refractivity contribution in [3.05, 3.63) is 59.8 Å². The third-order valence-corrected chi connectivity index (χ3v) is 7.34. The molecule has 0 atom stereocenters. The van der Waals surface area contributed by atoms with Crippen LogP contribution in [-0.4, -0.2) is 60.8 Å². The molecule has 3 aromatic rings. The monoisotopic (exact) mass is 445 g/mol. The molecule has 1 saturated heterocycles. The van der Waals surface area contributed by atoms with Crippen LogP contribution < -0.4 is 9.64 Å². The van der Waals surface area contributed by atoms with Crippen LogP contribution in [0.2, 0.25) is 0 Å². The van der Waals surface area contributed by atoms with Crippen LogP contribution in [0.5, 0.6) is 5.75 Å². The first-order chi connectivity index (χ1) is 14.8. The molecule has 0 unspecified atom stereocenters. The molecule has 0 aliphatic carbocycles. The van der Waals surface area contributed by atoms with E-state index in [4.69, 9.17) is 4.74 Å². The fraction of sp³-hybridized carbons (Fsp3) is 0.333. The van der Waals surface area contributed by atoms with Gasteiger partial charge in [-0.1, -0.05) is 6.07 Å². The summed E-state index contributed by atoms with van der Waals surface area (Å²) in [7, 11) is -2.51. The van der Waals surface area contributed by atoms with Crippen LogP contribution in [0.1, 0.15) is 11.4 Å². The van der Waals surface area contributed by atoms with Crippen LogP contribution in [0.4, 0.5) is 10.1 Å². The third kappa shape index (κ3) is 3.88. The molecule has 10 heteroatoms. The van der Waals surface area contributed by atoms with E-state index < -0.39 is 15.8 Å². The lowest BCUT2D eigenvalue weighted by Gasteiger charge is -2.35. The molecule has 3 heterocycles. The second-order valence-electron chi connectivity index (χ2n) is 7.31. The summed E-state index contributed by atoms with van der Waals surface area (Å²) in [5.74, 6) is 0.243. The standard InChI is InChI=1S/C21H24FN5O3S/c1-15-21(16(2)27(24-15)20-6-4-5-9-23-20)25-10-12-26(13-11-25)31(28,29)19-14-17(22)7-8-18(19)30-3/h4-9,14H,10-13H2,1-3H3. The second-order valence-corrected chi connectivity index (χ2v) is 9.21. The summed E-state index contributed by atoms with van der Waals surface area (Å²) in [4.78, 5) is 6.34. The van der Waals surface area contributed by atoms with Gasteiger partial charge >= 0.3 is 0 Å². The largest absolute Gasteiger partial charge is 0.495 e. The lowest BCUT2D eigenvalue weighted by Crippen LogP contribution is -2.49. The molecular weight excluding hydrogens is 421 g/mol. The van der Waals surface area contributed by atoms with Gasteiger partial charge in [-0.05, 0) is 44.2 Å². The summed E-state index contributed by atoms with van der Waals surface area (Å²) < 4.78 is 48.3. The third-order valence-electron chi connectivity index (χ3n) is 5.42. The molecule has 1 aliphatic rings. The van der Waals surface area contributed by atoms with Crippen molar-refractivity contribution in [3.63, 3.8) is 0 Å². The molecule has 164 valence electrons. The van der Waals surface area contributed by atoms with E-state index in [1.54, 1.807) is 10.9 Å². The maximum atomic E-state index is 13.7. The Morgan fingerprint density at radius 3 is 2.45 bits per heavy atom. The number of rotatable bonds is 5. The van der Waals surface area contributed by atoms with Crippen LogP contribution in [0.25, 0.3) is 5.82 Å². The van der Waals surface area contributed by atoms with Gasteiger partial charge in [0, 0.05) is 32.4 Å². The minimum Gasteiger partial charge on any atom is -0.495 e. The van der Waals surface area contributed by atoms with Crippen LogP contribution in [0.3, 0.4) is 0 Å². The maximum absolute atomic E-state index is 13.7. The van der Waals surface area contributed by atoms with E-state index in [1.165, 1.54) is 23.5 Å². The van der Waals surface area contributed by atoms with Gasteiger partial charge in [-0.3, -0.25) is 0 Å². The number of methoxy groups -OCH3 is 1. The summed E-state index contributed by atoms with van der Waals surface area (Å²) in [6.07, 6.45) is 1.72. The first-order valence-electron chi connectivity index (χ1n) is 9.89. The predicted molar refractivity (Wildman–Crippen MR) is 115 cm³/mol. The Morgan fingerprint density at radius 2 is 1.81 bits per heavy atom. The minimum absolute atomic E-state index is 0.132. The van der Waals surface area contributed by atoms with Gasteiger partial charge in [0.05, 0.1) is 24.2 Å². The zero-order valence-corrected chi connectivity index (χ0v) is 18.4. The highest BCUT2D eigenvalue weighted by molar-refractivity contribution is 7.89. The number of pyridine rings is 1. The number of sulfonamides is 1. The van der Waals surface area contributed by atoms with E-state index in [2.05, 4.69) is 15.0 Å². The van der Waals surface area contributed by atoms with Crippen molar-refractivity contribution < 1.29 is 17.5 Å². The van der Waals surface area contributed by atoms with Gasteiger partial charge in [0.1, 0.15) is 16.5 Å². The Labute approximate surface area is 180 Å². The van der Waals surface area contributed by atoms with Crippen molar-refractivity contribution >= 4 is 15.7 Å². The van der Waals surface area contributed by atoms with E-state index in [1.807, 2.05) is 32.0 Å². The van der Waals surface area contributed by atoms with Crippen LogP contribution in [-0.2, 0) is 10.0 Å². The topological polar surface area (TPSA) is 80.6 Å². The lowest BCUT2D eigenvalue weighted by atomic mass is 10.2. The molecule has 0 bridgehead atoms. The van der Waals surface area contributed by atoms with Crippen molar-refractivity contribution in [2.24, 2.45) is 0 Å². The molecule has 2 aromatic heterocycles. The Morgan fingerprint density at radius 1 is 1.06 bits per heavy atom. The lowest BCUT2D eigenvalue weighted by molar-refractivity contribution is 0.373. The molecule has 1 aromatic carbocycles. The molecule has 0 N–H and O–H groups in total. The Bertz CT molecular complexity index is 1190. The normalized spacial score (nSPS) is 15.3. The van der Waals surface area contributed by atoms with E-state index in [0.29, 0.717) is 13.1 Å². The highest BCUT2D eigenvalue weighted by Crippen LogP contribution is 2.31. The molecule has 1 fully saturated rings. The first-order valence-corrected chi connectivity index (χ1v) is 11.3. The number of halogens is 1. The first kappa shape index (κ1) is 21.3. The highest BCUT2D eigenvalue weighted by atomic mass is 32.2. The van der Waals surface area contributed by atoms with Gasteiger partial charge in [-0.2, -0.15) is 9.40 Å². The zero-order valence-electron chi connectivity index (χ0n) is 17.6. The van der Waals surface area contributed by atoms with Gasteiger partial charge in [0.2, 0.25) is 10.0 Å². The fourth-order valence-corrected chi connectivity index (χ4v) is 5.53. The van der Waals surface area contributed by atoms with Crippen molar-refractivity contribution in [2.75, 3.05) is 38.2 Å². The average Bonchev–Trinajstić information content (AvgIpc) is 3.08. The average molecular weight is 446 g/mol. The molecule has 0 saturated carbocycles. The molecule has 0 spiro atoms. The minimum atomic E-state index is -3.88. The van der Waals surface area contributed by atoms with Crippen LogP contribution in [0, 0.1) is 19.7 Å². The maximum Gasteiger partial charge on any atom is 0.246 e. The van der Waals surface area contributed by atoms with Crippen molar-refractivity contribution in [1.82, 2.24) is 19.1 Å². The summed E-state index contributed by atoms with van der Waals surface area (Å²) in [6.45, 7) is 5.44. The van der Waals surface area contributed by atoms with Crippen LogP contribution >= 0.6 is 0 Å². The fourth-order valence-electron chi connectivity index (χ4n) is 3.94. The molecule has 0 amide bonds. The van der Waals surface area contributed by atoms with Gasteiger partial charge < -0.3 is 9.64 Å². The number of aryl methyl sites for hydroxylation is 1. The molecule has 1 aliphatic heterocycles. The van der Waals surface area contributed by atoms with Gasteiger partial charge in [0.15, 0.2) is 5.82 Å². The number of hydrogen-bond acceptors (Lipinski definition) is 6. The van der Waals surface area contributed by atoms with E-state index >= 15 is 0 Å². The van der Waals surface area contributed by atoms with Gasteiger partial charge in [0.25, 0.3) is 0 Å². The molecular formula is C21H24FN5O3S. The van der Waals surface area contributed by atoms with E-state index in [9.17, 15) is 12.8 Å². The number of anilines is 1. The van der Waals surface area contributed by atoms with Gasteiger partial charge in [-0.15, -0.1) is 0 Å². The predicted octanol–water partition coefficient (Wildman–Crippen LogP) is 2.54. The Kier molecular flexibility index (Phi) is 5.67. The second kappa shape index (κ2) is 8.27. The zero-order chi connectivity index (χ0) is 22.2. The summed E-state index contributed by atoms with van der Waals surface area (Å²) >= 11 is 0. The van der Waals surface area contributed by atoms with Crippen molar-refractivity contribution in [3.8, 4) is 11.6 Å². The number of hydrogen-bond donors (Lipinski definition) is 0. The number of aromatic nitrogens is 3.